The number of carbonyl (C=O) groups excluding carboxylic acids is 2. The summed E-state index contributed by atoms with van der Waals surface area (Å²) >= 11 is 0. The first kappa shape index (κ1) is 38.1. The van der Waals surface area contributed by atoms with Crippen LogP contribution in [0.2, 0.25) is 118 Å². The van der Waals surface area contributed by atoms with Crippen molar-refractivity contribution in [2.24, 2.45) is 0 Å². The van der Waals surface area contributed by atoms with Crippen molar-refractivity contribution >= 4 is 61.8 Å². The van der Waals surface area contributed by atoms with Crippen LogP contribution < -0.4 is 0 Å². The van der Waals surface area contributed by atoms with Gasteiger partial charge in [-0.15, -0.1) is 0 Å². The maximum Gasteiger partial charge on any atom is 0.323 e. The van der Waals surface area contributed by atoms with Crippen molar-refractivity contribution in [3.05, 3.63) is 0 Å². The fourth-order valence-electron chi connectivity index (χ4n) is 3.40. The molecule has 0 aliphatic rings. The van der Waals surface area contributed by atoms with E-state index in [1.165, 1.54) is 0 Å². The van der Waals surface area contributed by atoms with Crippen molar-refractivity contribution in [1.82, 2.24) is 0 Å². The second-order valence-corrected chi connectivity index (χ2v) is 42.5. The normalized spacial score (nSPS) is 17.4. The maximum atomic E-state index is 13.8. The Hall–Kier alpha value is 0.0813. The molecule has 0 rings (SSSR count). The quantitative estimate of drug-likeness (QED) is 0.184. The predicted molar refractivity (Wildman–Crippen MR) is 172 cm³/mol. The second kappa shape index (κ2) is 13.4. The molecule has 0 radical (unpaired) electrons. The summed E-state index contributed by atoms with van der Waals surface area (Å²) in [5.74, 6) is -0.936. The van der Waals surface area contributed by atoms with Gasteiger partial charge >= 0.3 is 11.9 Å². The monoisotopic (exact) mass is 642 g/mol. The van der Waals surface area contributed by atoms with Crippen molar-refractivity contribution in [2.45, 2.75) is 142 Å². The minimum Gasteiger partial charge on any atom is -0.518 e. The van der Waals surface area contributed by atoms with Crippen LogP contribution in [0.15, 0.2) is 0 Å². The Morgan fingerprint density at radius 2 is 0.579 bits per heavy atom. The zero-order valence-electron chi connectivity index (χ0n) is 27.6. The number of rotatable bonds is 15. The van der Waals surface area contributed by atoms with Gasteiger partial charge in [0.25, 0.3) is 0 Å². The van der Waals surface area contributed by atoms with E-state index in [-0.39, 0.29) is 0 Å². The molecule has 0 saturated carbocycles. The molecule has 0 aromatic carbocycles. The van der Waals surface area contributed by atoms with Crippen LogP contribution in [-0.4, -0.2) is 86.3 Å². The zero-order chi connectivity index (χ0) is 30.7. The molecule has 0 bridgehead atoms. The first-order valence-corrected chi connectivity index (χ1v) is 34.0. The van der Waals surface area contributed by atoms with Gasteiger partial charge in [0.1, 0.15) is 12.2 Å². The molecule has 0 aliphatic heterocycles. The fourth-order valence-corrected chi connectivity index (χ4v) is 8.97. The van der Waals surface area contributed by atoms with Gasteiger partial charge in [0, 0.05) is 0 Å². The Labute approximate surface area is 239 Å². The first-order valence-electron chi connectivity index (χ1n) is 13.6. The highest BCUT2D eigenvalue weighted by molar-refractivity contribution is 6.73. The predicted octanol–water partition coefficient (Wildman–Crippen LogP) is 6.62. The third-order valence-electron chi connectivity index (χ3n) is 4.14. The molecule has 4 unspecified atom stereocenters. The molecule has 0 saturated heterocycles. The average Bonchev–Trinajstić information content (AvgIpc) is 2.54. The lowest BCUT2D eigenvalue weighted by molar-refractivity contribution is -0.164. The van der Waals surface area contributed by atoms with Crippen molar-refractivity contribution in [2.75, 3.05) is 0 Å². The Balaban J connectivity index is 7.27. The Morgan fingerprint density at radius 1 is 0.368 bits per heavy atom. The number of carbonyl (C=O) groups is 2. The van der Waals surface area contributed by atoms with E-state index < -0.39 is 86.3 Å². The molecule has 0 aliphatic carbocycles. The van der Waals surface area contributed by atoms with Gasteiger partial charge in [-0.25, -0.2) is 0 Å². The largest absolute Gasteiger partial charge is 0.518 e. The van der Waals surface area contributed by atoms with Gasteiger partial charge in [-0.1, -0.05) is 0 Å². The number of hydrogen-bond donors (Lipinski definition) is 0. The van der Waals surface area contributed by atoms with Crippen LogP contribution in [0.4, 0.5) is 0 Å². The van der Waals surface area contributed by atoms with Gasteiger partial charge in [-0.2, -0.15) is 0 Å². The van der Waals surface area contributed by atoms with Crippen LogP contribution in [0, 0.1) is 0 Å². The van der Waals surface area contributed by atoms with E-state index in [2.05, 4.69) is 39.3 Å². The highest BCUT2D eigenvalue weighted by Crippen LogP contribution is 2.30. The lowest BCUT2D eigenvalue weighted by Crippen LogP contribution is -2.62. The summed E-state index contributed by atoms with van der Waals surface area (Å²) in [6.45, 7) is 36.2. The summed E-state index contributed by atoms with van der Waals surface area (Å²) in [6, 6.07) is 0. The summed E-state index contributed by atoms with van der Waals surface area (Å²) in [5.41, 5.74) is 0. The third kappa shape index (κ3) is 17.7. The van der Waals surface area contributed by atoms with E-state index in [0.29, 0.717) is 0 Å². The molecule has 14 heteroatoms. The van der Waals surface area contributed by atoms with Gasteiger partial charge in [0.2, 0.25) is 16.6 Å². The summed E-state index contributed by atoms with van der Waals surface area (Å²) in [7, 11) is -13.7. The van der Waals surface area contributed by atoms with Crippen LogP contribution in [0.25, 0.3) is 0 Å². The van der Waals surface area contributed by atoms with Crippen LogP contribution >= 0.6 is 0 Å². The Bertz CT molecular complexity index is 717. The molecule has 0 fully saturated rings. The average molecular weight is 643 g/mol. The van der Waals surface area contributed by atoms with Crippen LogP contribution in [0.3, 0.4) is 0 Å². The highest BCUT2D eigenvalue weighted by atomic mass is 28.4. The van der Waals surface area contributed by atoms with Crippen molar-refractivity contribution in [1.29, 1.82) is 0 Å². The lowest BCUT2D eigenvalue weighted by Gasteiger charge is -2.44. The van der Waals surface area contributed by atoms with Crippen molar-refractivity contribution in [3.63, 3.8) is 0 Å². The van der Waals surface area contributed by atoms with E-state index in [1.807, 2.05) is 78.6 Å². The molecule has 0 aromatic rings. The standard InChI is InChI=1S/C24H58O8Si6/c1-33(2,3)27-19(21(29-35(7,8)9)23(25)31-37(13,14)15)20(28-34(4,5)6)22(30-36(10,11)12)24(26)32-38(16,17)18/h19-22H,1-18H3. The van der Waals surface area contributed by atoms with E-state index >= 15 is 0 Å². The van der Waals surface area contributed by atoms with E-state index in [9.17, 15) is 9.59 Å². The van der Waals surface area contributed by atoms with Gasteiger partial charge < -0.3 is 26.6 Å². The minimum absolute atomic E-state index is 0.468. The topological polar surface area (TPSA) is 89.5 Å². The third-order valence-corrected chi connectivity index (χ3v) is 9.65. The smallest absolute Gasteiger partial charge is 0.323 e. The Morgan fingerprint density at radius 3 is 0.737 bits per heavy atom. The highest BCUT2D eigenvalue weighted by Gasteiger charge is 2.51. The summed E-state index contributed by atoms with van der Waals surface area (Å²) in [6.07, 6.45) is -3.93. The molecule has 4 atom stereocenters. The van der Waals surface area contributed by atoms with Gasteiger partial charge in [-0.05, 0) is 118 Å². The second-order valence-electron chi connectivity index (χ2n) is 15.8. The van der Waals surface area contributed by atoms with Gasteiger partial charge in [0.05, 0.1) is 0 Å². The van der Waals surface area contributed by atoms with Crippen molar-refractivity contribution in [3.8, 4) is 0 Å². The zero-order valence-corrected chi connectivity index (χ0v) is 33.6. The van der Waals surface area contributed by atoms with Crippen molar-refractivity contribution < 1.29 is 36.1 Å². The SMILES string of the molecule is C[Si](C)(C)OC(=O)C(O[Si](C)(C)C)C(O[Si](C)(C)C)C(O[Si](C)(C)C)C(O[Si](C)(C)C)C(=O)O[Si](C)(C)C. The lowest BCUT2D eigenvalue weighted by atomic mass is 10.0. The molecule has 226 valence electrons. The van der Waals surface area contributed by atoms with Crippen LogP contribution in [0.1, 0.15) is 0 Å². The molecule has 0 N–H and O–H groups in total. The molecular formula is C24H58O8Si6. The fraction of sp³-hybridized carbons (Fsp3) is 0.917. The minimum atomic E-state index is -2.30. The van der Waals surface area contributed by atoms with Crippen LogP contribution in [-0.2, 0) is 36.1 Å². The molecule has 0 aromatic heterocycles. The van der Waals surface area contributed by atoms with Crippen LogP contribution in [0.5, 0.6) is 0 Å². The van der Waals surface area contributed by atoms with Gasteiger partial charge in [-0.3, -0.25) is 9.59 Å². The molecule has 38 heavy (non-hydrogen) atoms. The number of hydrogen-bond acceptors (Lipinski definition) is 8. The van der Waals surface area contributed by atoms with E-state index in [4.69, 9.17) is 26.6 Å². The molecule has 0 spiro atoms. The molecule has 0 heterocycles. The molecule has 0 amide bonds. The van der Waals surface area contributed by atoms with Gasteiger partial charge in [0.15, 0.2) is 45.5 Å². The summed E-state index contributed by atoms with van der Waals surface area (Å²) < 4.78 is 38.6. The maximum absolute atomic E-state index is 13.8. The van der Waals surface area contributed by atoms with E-state index in [0.717, 1.165) is 0 Å². The molecular weight excluding hydrogens is 585 g/mol. The molecule has 8 nitrogen and oxygen atoms in total. The van der Waals surface area contributed by atoms with E-state index in [1.54, 1.807) is 0 Å². The Kier molecular flexibility index (Phi) is 13.4. The summed E-state index contributed by atoms with van der Waals surface area (Å²) in [5, 5.41) is 0. The first-order chi connectivity index (χ1) is 16.4. The summed E-state index contributed by atoms with van der Waals surface area (Å²) in [4.78, 5) is 27.6.